The zero-order valence-corrected chi connectivity index (χ0v) is 18.3. The number of rotatable bonds is 5. The van der Waals surface area contributed by atoms with Gasteiger partial charge in [0.2, 0.25) is 5.88 Å². The Labute approximate surface area is 179 Å². The Balaban J connectivity index is 1.92. The van der Waals surface area contributed by atoms with E-state index in [1.807, 2.05) is 36.1 Å². The van der Waals surface area contributed by atoms with E-state index in [-0.39, 0.29) is 5.91 Å². The second-order valence-electron chi connectivity index (χ2n) is 7.62. The maximum absolute atomic E-state index is 13.3. The Kier molecular flexibility index (Phi) is 8.08. The molecule has 0 atom stereocenters. The Morgan fingerprint density at radius 2 is 1.77 bits per heavy atom. The number of hydrogen-bond donors (Lipinski definition) is 0. The van der Waals surface area contributed by atoms with E-state index in [4.69, 9.17) is 9.47 Å². The average molecular weight is 412 g/mol. The van der Waals surface area contributed by atoms with Crippen LogP contribution in [0.5, 0.6) is 17.4 Å². The van der Waals surface area contributed by atoms with E-state index in [9.17, 15) is 4.79 Å². The number of carbonyl (C=O) groups excluding carboxylic acids is 1. The molecule has 162 valence electrons. The first-order chi connectivity index (χ1) is 14.7. The number of likely N-dealkylation sites (N-methyl/N-ethyl adjacent to an activating group) is 1. The summed E-state index contributed by atoms with van der Waals surface area (Å²) in [5, 5.41) is 0. The van der Waals surface area contributed by atoms with E-state index in [0.29, 0.717) is 48.6 Å². The van der Waals surface area contributed by atoms with Crippen LogP contribution in [0.25, 0.3) is 0 Å². The summed E-state index contributed by atoms with van der Waals surface area (Å²) < 4.78 is 12.1. The van der Waals surface area contributed by atoms with Crippen molar-refractivity contribution in [3.8, 4) is 17.4 Å². The highest BCUT2D eigenvalue weighted by atomic mass is 16.5. The van der Waals surface area contributed by atoms with Gasteiger partial charge in [-0.3, -0.25) is 9.69 Å². The van der Waals surface area contributed by atoms with E-state index in [1.54, 1.807) is 18.3 Å². The lowest BCUT2D eigenvalue weighted by Gasteiger charge is -2.29. The fraction of sp³-hybridized carbons (Fsp3) is 0.500. The molecule has 0 aliphatic carbocycles. The molecule has 2 heterocycles. The first-order valence-corrected chi connectivity index (χ1v) is 11.0. The largest absolute Gasteiger partial charge is 0.488 e. The normalized spacial score (nSPS) is 15.9. The van der Waals surface area contributed by atoms with Gasteiger partial charge in [0.25, 0.3) is 5.91 Å². The molecule has 1 aromatic carbocycles. The molecule has 0 spiro atoms. The number of hydrogen-bond acceptors (Lipinski definition) is 5. The van der Waals surface area contributed by atoms with Crippen LogP contribution in [0.4, 0.5) is 0 Å². The molecule has 2 aromatic rings. The van der Waals surface area contributed by atoms with Crippen LogP contribution >= 0.6 is 0 Å². The van der Waals surface area contributed by atoms with E-state index in [1.165, 1.54) is 0 Å². The zero-order chi connectivity index (χ0) is 21.3. The van der Waals surface area contributed by atoms with Crippen molar-refractivity contribution >= 4 is 5.91 Å². The zero-order valence-electron chi connectivity index (χ0n) is 18.3. The summed E-state index contributed by atoms with van der Waals surface area (Å²) in [5.74, 6) is 2.13. The van der Waals surface area contributed by atoms with Crippen LogP contribution in [0.15, 0.2) is 42.6 Å². The predicted octanol–water partition coefficient (Wildman–Crippen LogP) is 4.47. The average Bonchev–Trinajstić information content (AvgIpc) is 2.79. The maximum atomic E-state index is 13.3. The smallest absolute Gasteiger partial charge is 0.259 e. The van der Waals surface area contributed by atoms with Crippen molar-refractivity contribution in [2.75, 3.05) is 39.3 Å². The number of pyridine rings is 1. The van der Waals surface area contributed by atoms with Crippen molar-refractivity contribution in [2.45, 2.75) is 33.6 Å². The molecule has 0 bridgehead atoms. The third-order valence-electron chi connectivity index (χ3n) is 5.75. The molecule has 1 amide bonds. The van der Waals surface area contributed by atoms with Gasteiger partial charge >= 0.3 is 0 Å². The molecule has 3 rings (SSSR count). The van der Waals surface area contributed by atoms with Crippen molar-refractivity contribution in [1.82, 2.24) is 14.8 Å². The number of benzene rings is 1. The molecule has 0 fully saturated rings. The summed E-state index contributed by atoms with van der Waals surface area (Å²) in [6.45, 7) is 11.0. The van der Waals surface area contributed by atoms with Crippen molar-refractivity contribution in [3.63, 3.8) is 0 Å². The Hall–Kier alpha value is -2.60. The van der Waals surface area contributed by atoms with Crippen molar-refractivity contribution in [1.29, 1.82) is 0 Å². The van der Waals surface area contributed by atoms with Gasteiger partial charge in [-0.05, 0) is 37.1 Å². The monoisotopic (exact) mass is 411 g/mol. The van der Waals surface area contributed by atoms with Crippen molar-refractivity contribution in [3.05, 3.63) is 48.2 Å². The van der Waals surface area contributed by atoms with Gasteiger partial charge in [0.15, 0.2) is 11.5 Å². The number of nitrogens with zero attached hydrogens (tertiary/aromatic N) is 3. The van der Waals surface area contributed by atoms with Crippen LogP contribution in [-0.2, 0) is 0 Å². The molecule has 0 saturated heterocycles. The lowest BCUT2D eigenvalue weighted by molar-refractivity contribution is 0.0732. The lowest BCUT2D eigenvalue weighted by atomic mass is 10.0. The Morgan fingerprint density at radius 1 is 1.00 bits per heavy atom. The van der Waals surface area contributed by atoms with Crippen LogP contribution in [0.3, 0.4) is 0 Å². The third kappa shape index (κ3) is 5.51. The fourth-order valence-corrected chi connectivity index (χ4v) is 3.72. The molecule has 1 aliphatic rings. The van der Waals surface area contributed by atoms with Gasteiger partial charge in [0, 0.05) is 38.9 Å². The number of aromatic nitrogens is 1. The molecule has 6 nitrogen and oxygen atoms in total. The van der Waals surface area contributed by atoms with Gasteiger partial charge in [0.1, 0.15) is 12.2 Å². The number of para-hydroxylation sites is 2. The van der Waals surface area contributed by atoms with Gasteiger partial charge in [-0.15, -0.1) is 0 Å². The minimum Gasteiger partial charge on any atom is -0.488 e. The van der Waals surface area contributed by atoms with Gasteiger partial charge in [-0.25, -0.2) is 4.98 Å². The van der Waals surface area contributed by atoms with Gasteiger partial charge in [-0.1, -0.05) is 38.8 Å². The second kappa shape index (κ2) is 11.0. The minimum absolute atomic E-state index is 0.0549. The van der Waals surface area contributed by atoms with Gasteiger partial charge < -0.3 is 14.4 Å². The molecule has 0 saturated carbocycles. The van der Waals surface area contributed by atoms with Crippen LogP contribution in [0.1, 0.15) is 44.0 Å². The molecule has 0 unspecified atom stereocenters. The Bertz CT molecular complexity index is 823. The van der Waals surface area contributed by atoms with Gasteiger partial charge in [0.05, 0.1) is 0 Å². The summed E-state index contributed by atoms with van der Waals surface area (Å²) in [6.07, 6.45) is 3.95. The molecule has 30 heavy (non-hydrogen) atoms. The summed E-state index contributed by atoms with van der Waals surface area (Å²) in [5.41, 5.74) is 0.472. The predicted molar refractivity (Wildman–Crippen MR) is 118 cm³/mol. The number of fused-ring (bicyclic) bond motifs is 2. The second-order valence-corrected chi connectivity index (χ2v) is 7.62. The summed E-state index contributed by atoms with van der Waals surface area (Å²) in [7, 11) is 0. The number of ether oxygens (including phenoxy) is 2. The number of carbonyl (C=O) groups is 1. The van der Waals surface area contributed by atoms with Crippen molar-refractivity contribution in [2.24, 2.45) is 5.92 Å². The fourth-order valence-electron chi connectivity index (χ4n) is 3.72. The molecular weight excluding hydrogens is 378 g/mol. The number of amides is 1. The quantitative estimate of drug-likeness (QED) is 0.727. The maximum Gasteiger partial charge on any atom is 0.259 e. The first-order valence-electron chi connectivity index (χ1n) is 11.0. The van der Waals surface area contributed by atoms with Crippen LogP contribution in [0.2, 0.25) is 0 Å². The lowest BCUT2D eigenvalue weighted by Crippen LogP contribution is -2.41. The first kappa shape index (κ1) is 22.1. The van der Waals surface area contributed by atoms with E-state index in [2.05, 4.69) is 23.7 Å². The summed E-state index contributed by atoms with van der Waals surface area (Å²) >= 11 is 0. The molecule has 6 heteroatoms. The standard InChI is InChI=1S/C24H33N3O3/c1-4-19(5-2)18-26-14-15-27(6-3)24(28)20-10-9-13-25-23(20)30-22-12-8-7-11-21(22)29-17-16-26/h7-13,19H,4-6,14-18H2,1-3H3. The molecular formula is C24H33N3O3. The topological polar surface area (TPSA) is 54.9 Å². The molecule has 0 N–H and O–H groups in total. The summed E-state index contributed by atoms with van der Waals surface area (Å²) in [6, 6.07) is 11.1. The van der Waals surface area contributed by atoms with Crippen LogP contribution in [-0.4, -0.2) is 60.0 Å². The van der Waals surface area contributed by atoms with Crippen molar-refractivity contribution < 1.29 is 14.3 Å². The van der Waals surface area contributed by atoms with E-state index in [0.717, 1.165) is 32.5 Å². The molecule has 1 aromatic heterocycles. The molecule has 0 radical (unpaired) electrons. The van der Waals surface area contributed by atoms with Crippen LogP contribution < -0.4 is 9.47 Å². The Morgan fingerprint density at radius 3 is 2.50 bits per heavy atom. The van der Waals surface area contributed by atoms with Gasteiger partial charge in [-0.2, -0.15) is 0 Å². The summed E-state index contributed by atoms with van der Waals surface area (Å²) in [4.78, 5) is 21.9. The highest BCUT2D eigenvalue weighted by Gasteiger charge is 2.22. The SMILES string of the molecule is CCC(CC)CN1CCOc2ccccc2Oc2ncccc2C(=O)N(CC)CC1. The highest BCUT2D eigenvalue weighted by molar-refractivity contribution is 5.96. The third-order valence-corrected chi connectivity index (χ3v) is 5.75. The van der Waals surface area contributed by atoms with Crippen LogP contribution in [0, 0.1) is 5.92 Å². The van der Waals surface area contributed by atoms with E-state index >= 15 is 0 Å². The molecule has 1 aliphatic heterocycles. The highest BCUT2D eigenvalue weighted by Crippen LogP contribution is 2.32. The minimum atomic E-state index is -0.0549. The van der Waals surface area contributed by atoms with E-state index < -0.39 is 0 Å².